The van der Waals surface area contributed by atoms with Crippen LogP contribution < -0.4 is 11.1 Å². The number of likely N-dealkylation sites (tertiary alicyclic amines) is 1. The van der Waals surface area contributed by atoms with E-state index in [1.165, 1.54) is 6.42 Å². The van der Waals surface area contributed by atoms with Crippen molar-refractivity contribution in [2.45, 2.75) is 32.7 Å². The first-order valence-electron chi connectivity index (χ1n) is 7.52. The van der Waals surface area contributed by atoms with Crippen LogP contribution >= 0.6 is 11.6 Å². The molecule has 2 atom stereocenters. The largest absolute Gasteiger partial charge is 0.329 e. The number of anilines is 1. The first kappa shape index (κ1) is 16.3. The summed E-state index contributed by atoms with van der Waals surface area (Å²) in [5.74, 6) is 0.539. The Hall–Kier alpha value is -1.10. The van der Waals surface area contributed by atoms with Crippen molar-refractivity contribution in [3.05, 3.63) is 28.8 Å². The van der Waals surface area contributed by atoms with E-state index in [2.05, 4.69) is 17.1 Å². The average molecular weight is 310 g/mol. The van der Waals surface area contributed by atoms with E-state index in [4.69, 9.17) is 17.3 Å². The number of hydrogen-bond donors (Lipinski definition) is 2. The lowest BCUT2D eigenvalue weighted by atomic mass is 9.91. The van der Waals surface area contributed by atoms with Crippen LogP contribution in [0.15, 0.2) is 18.2 Å². The second-order valence-electron chi connectivity index (χ2n) is 5.85. The highest BCUT2D eigenvalue weighted by molar-refractivity contribution is 6.31. The van der Waals surface area contributed by atoms with Gasteiger partial charge in [0.1, 0.15) is 0 Å². The Balaban J connectivity index is 1.99. The Morgan fingerprint density at radius 3 is 3.00 bits per heavy atom. The normalized spacial score (nSPS) is 23.0. The number of carbonyl (C=O) groups excluding carboxylic acids is 1. The molecule has 0 saturated carbocycles. The number of amides is 1. The molecule has 4 nitrogen and oxygen atoms in total. The Bertz CT molecular complexity index is 506. The quantitative estimate of drug-likeness (QED) is 0.899. The number of nitrogens with one attached hydrogen (secondary N) is 1. The molecule has 0 aromatic heterocycles. The third-order valence-corrected chi connectivity index (χ3v) is 4.77. The molecule has 1 amide bonds. The molecule has 2 rings (SSSR count). The molecule has 1 aliphatic rings. The van der Waals surface area contributed by atoms with Crippen molar-refractivity contribution in [3.8, 4) is 0 Å². The molecule has 1 heterocycles. The van der Waals surface area contributed by atoms with Gasteiger partial charge in [-0.2, -0.15) is 0 Å². The molecule has 2 unspecified atom stereocenters. The van der Waals surface area contributed by atoms with E-state index in [9.17, 15) is 4.79 Å². The lowest BCUT2D eigenvalue weighted by Gasteiger charge is -2.38. The molecule has 3 N–H and O–H groups in total. The van der Waals surface area contributed by atoms with Gasteiger partial charge < -0.3 is 11.1 Å². The van der Waals surface area contributed by atoms with Gasteiger partial charge in [-0.15, -0.1) is 0 Å². The Morgan fingerprint density at radius 2 is 2.29 bits per heavy atom. The second-order valence-corrected chi connectivity index (χ2v) is 6.26. The van der Waals surface area contributed by atoms with Gasteiger partial charge in [0.05, 0.1) is 6.54 Å². The second kappa shape index (κ2) is 7.25. The van der Waals surface area contributed by atoms with Gasteiger partial charge in [-0.1, -0.05) is 24.6 Å². The lowest BCUT2D eigenvalue weighted by Crippen LogP contribution is -2.51. The molecule has 5 heteroatoms. The van der Waals surface area contributed by atoms with Gasteiger partial charge in [0.15, 0.2) is 0 Å². The van der Waals surface area contributed by atoms with Crippen LogP contribution in [0.3, 0.4) is 0 Å². The van der Waals surface area contributed by atoms with E-state index in [1.54, 1.807) is 0 Å². The Kier molecular flexibility index (Phi) is 5.62. The van der Waals surface area contributed by atoms with Gasteiger partial charge in [-0.25, -0.2) is 0 Å². The molecule has 0 bridgehead atoms. The molecule has 1 fully saturated rings. The van der Waals surface area contributed by atoms with Crippen LogP contribution in [0, 0.1) is 12.8 Å². The number of rotatable bonds is 4. The van der Waals surface area contributed by atoms with Gasteiger partial charge in [0, 0.05) is 23.3 Å². The summed E-state index contributed by atoms with van der Waals surface area (Å²) in [5, 5.41) is 3.62. The summed E-state index contributed by atoms with van der Waals surface area (Å²) in [6.07, 6.45) is 2.31. The maximum absolute atomic E-state index is 12.3. The van der Waals surface area contributed by atoms with Crippen molar-refractivity contribution < 1.29 is 4.79 Å². The van der Waals surface area contributed by atoms with Crippen molar-refractivity contribution in [2.24, 2.45) is 11.7 Å². The van der Waals surface area contributed by atoms with E-state index >= 15 is 0 Å². The van der Waals surface area contributed by atoms with Crippen LogP contribution in [-0.4, -0.2) is 36.5 Å². The fraction of sp³-hybridized carbons (Fsp3) is 0.562. The highest BCUT2D eigenvalue weighted by Crippen LogP contribution is 2.24. The molecule has 1 aromatic rings. The summed E-state index contributed by atoms with van der Waals surface area (Å²) in [7, 11) is 0. The zero-order valence-corrected chi connectivity index (χ0v) is 13.5. The number of nitrogens with two attached hydrogens (primary N) is 1. The van der Waals surface area contributed by atoms with Gasteiger partial charge in [-0.3, -0.25) is 9.69 Å². The summed E-state index contributed by atoms with van der Waals surface area (Å²) in [6, 6.07) is 5.84. The van der Waals surface area contributed by atoms with Crippen molar-refractivity contribution in [3.63, 3.8) is 0 Å². The van der Waals surface area contributed by atoms with E-state index in [0.717, 1.165) is 24.2 Å². The minimum absolute atomic E-state index is 0.00656. The number of piperidine rings is 1. The fourth-order valence-electron chi connectivity index (χ4n) is 3.03. The zero-order chi connectivity index (χ0) is 15.4. The number of hydrogen-bond acceptors (Lipinski definition) is 3. The minimum Gasteiger partial charge on any atom is -0.329 e. The molecule has 0 aliphatic carbocycles. The predicted octanol–water partition coefficient (Wildman–Crippen LogP) is 2.65. The standard InChI is InChI=1S/C16H24ClN3O/c1-11-5-4-8-20(15(11)9-18)10-16(21)19-14-7-3-6-13(17)12(14)2/h3,6-7,11,15H,4-5,8-10,18H2,1-2H3,(H,19,21). The van der Waals surface area contributed by atoms with Gasteiger partial charge in [-0.05, 0) is 49.9 Å². The van der Waals surface area contributed by atoms with E-state index in [0.29, 0.717) is 30.1 Å². The number of benzene rings is 1. The first-order valence-corrected chi connectivity index (χ1v) is 7.89. The van der Waals surface area contributed by atoms with E-state index in [-0.39, 0.29) is 5.91 Å². The molecular formula is C16H24ClN3O. The highest BCUT2D eigenvalue weighted by Gasteiger charge is 2.28. The zero-order valence-electron chi connectivity index (χ0n) is 12.7. The highest BCUT2D eigenvalue weighted by atomic mass is 35.5. The molecule has 0 radical (unpaired) electrons. The molecule has 0 spiro atoms. The van der Waals surface area contributed by atoms with Crippen LogP contribution in [0.5, 0.6) is 0 Å². The van der Waals surface area contributed by atoms with Crippen LogP contribution in [0.1, 0.15) is 25.3 Å². The first-order chi connectivity index (χ1) is 10.0. The maximum Gasteiger partial charge on any atom is 0.238 e. The van der Waals surface area contributed by atoms with Crippen molar-refractivity contribution in [2.75, 3.05) is 25.0 Å². The summed E-state index contributed by atoms with van der Waals surface area (Å²) in [6.45, 7) is 6.04. The molecular weight excluding hydrogens is 286 g/mol. The summed E-state index contributed by atoms with van der Waals surface area (Å²) >= 11 is 6.08. The van der Waals surface area contributed by atoms with Crippen LogP contribution in [0.2, 0.25) is 5.02 Å². The van der Waals surface area contributed by atoms with E-state index in [1.807, 2.05) is 25.1 Å². The van der Waals surface area contributed by atoms with E-state index < -0.39 is 0 Å². The van der Waals surface area contributed by atoms with Gasteiger partial charge >= 0.3 is 0 Å². The lowest BCUT2D eigenvalue weighted by molar-refractivity contribution is -0.118. The molecule has 116 valence electrons. The van der Waals surface area contributed by atoms with Crippen LogP contribution in [0.25, 0.3) is 0 Å². The van der Waals surface area contributed by atoms with Crippen molar-refractivity contribution in [1.82, 2.24) is 4.90 Å². The molecule has 21 heavy (non-hydrogen) atoms. The third-order valence-electron chi connectivity index (χ3n) is 4.36. The summed E-state index contributed by atoms with van der Waals surface area (Å²) in [4.78, 5) is 14.5. The smallest absolute Gasteiger partial charge is 0.238 e. The minimum atomic E-state index is -0.00656. The molecule has 1 aliphatic heterocycles. The monoisotopic (exact) mass is 309 g/mol. The maximum atomic E-state index is 12.3. The summed E-state index contributed by atoms with van der Waals surface area (Å²) < 4.78 is 0. The fourth-order valence-corrected chi connectivity index (χ4v) is 3.20. The third kappa shape index (κ3) is 3.96. The number of halogens is 1. The summed E-state index contributed by atoms with van der Waals surface area (Å²) in [5.41, 5.74) is 7.54. The van der Waals surface area contributed by atoms with Crippen LogP contribution in [-0.2, 0) is 4.79 Å². The SMILES string of the molecule is Cc1c(Cl)cccc1NC(=O)CN1CCCC(C)C1CN. The van der Waals surface area contributed by atoms with Gasteiger partial charge in [0.25, 0.3) is 0 Å². The molecule has 1 saturated heterocycles. The average Bonchev–Trinajstić information content (AvgIpc) is 2.44. The number of nitrogens with zero attached hydrogens (tertiary/aromatic N) is 1. The van der Waals surface area contributed by atoms with Gasteiger partial charge in [0.2, 0.25) is 5.91 Å². The number of carbonyl (C=O) groups is 1. The van der Waals surface area contributed by atoms with Crippen LogP contribution in [0.4, 0.5) is 5.69 Å². The Labute approximate surface area is 131 Å². The van der Waals surface area contributed by atoms with Crippen molar-refractivity contribution >= 4 is 23.2 Å². The topological polar surface area (TPSA) is 58.4 Å². The van der Waals surface area contributed by atoms with Crippen molar-refractivity contribution in [1.29, 1.82) is 0 Å². The predicted molar refractivity (Wildman–Crippen MR) is 87.6 cm³/mol. The molecule has 1 aromatic carbocycles. The Morgan fingerprint density at radius 1 is 1.52 bits per heavy atom.